The molecular weight excluding hydrogens is 354 g/mol. The standard InChI is InChI=1S/C22H25N3OS/c1-24(15-17-9-3-2-4-10-17)21(26)16-25-14-8-7-12-19(25)22-23-18-11-5-6-13-20(18)27-22/h2-6,9-11,13,19H,7-8,12,14-16H2,1H3/p+1/t19-/m0/s1. The molecule has 4 nitrogen and oxygen atoms in total. The van der Waals surface area contributed by atoms with Crippen LogP contribution >= 0.6 is 11.3 Å². The maximum atomic E-state index is 12.9. The van der Waals surface area contributed by atoms with Crippen molar-refractivity contribution >= 4 is 27.5 Å². The number of piperidine rings is 1. The first-order valence-corrected chi connectivity index (χ1v) is 10.5. The van der Waals surface area contributed by atoms with Crippen molar-refractivity contribution in [3.05, 3.63) is 65.2 Å². The van der Waals surface area contributed by atoms with Crippen molar-refractivity contribution < 1.29 is 9.69 Å². The van der Waals surface area contributed by atoms with Gasteiger partial charge in [0.25, 0.3) is 5.91 Å². The predicted molar refractivity (Wildman–Crippen MR) is 110 cm³/mol. The molecule has 1 aliphatic rings. The molecule has 2 heterocycles. The summed E-state index contributed by atoms with van der Waals surface area (Å²) >= 11 is 1.79. The highest BCUT2D eigenvalue weighted by molar-refractivity contribution is 7.18. The molecule has 27 heavy (non-hydrogen) atoms. The summed E-state index contributed by atoms with van der Waals surface area (Å²) < 4.78 is 1.24. The van der Waals surface area contributed by atoms with Crippen molar-refractivity contribution in [2.45, 2.75) is 31.8 Å². The maximum Gasteiger partial charge on any atom is 0.277 e. The number of fused-ring (bicyclic) bond motifs is 1. The van der Waals surface area contributed by atoms with Gasteiger partial charge in [0, 0.05) is 20.0 Å². The zero-order chi connectivity index (χ0) is 18.6. The average Bonchev–Trinajstić information content (AvgIpc) is 3.13. The highest BCUT2D eigenvalue weighted by atomic mass is 32.1. The highest BCUT2D eigenvalue weighted by Crippen LogP contribution is 2.28. The molecule has 1 fully saturated rings. The van der Waals surface area contributed by atoms with Crippen LogP contribution in [0, 0.1) is 0 Å². The predicted octanol–water partition coefficient (Wildman–Crippen LogP) is 3.06. The molecule has 0 saturated carbocycles. The van der Waals surface area contributed by atoms with Crippen LogP contribution in [0.3, 0.4) is 0 Å². The molecule has 2 aromatic carbocycles. The van der Waals surface area contributed by atoms with Gasteiger partial charge < -0.3 is 9.80 Å². The summed E-state index contributed by atoms with van der Waals surface area (Å²) in [4.78, 5) is 21.0. The van der Waals surface area contributed by atoms with Gasteiger partial charge in [-0.25, -0.2) is 4.98 Å². The SMILES string of the molecule is CN(Cc1ccccc1)C(=O)C[NH+]1CCCC[C@H]1c1nc2ccccc2s1. The van der Waals surface area contributed by atoms with Crippen molar-refractivity contribution in [1.29, 1.82) is 0 Å². The molecule has 1 aliphatic heterocycles. The van der Waals surface area contributed by atoms with Crippen LogP contribution in [0.25, 0.3) is 10.2 Å². The number of nitrogens with one attached hydrogen (secondary N) is 1. The van der Waals surface area contributed by atoms with E-state index < -0.39 is 0 Å². The van der Waals surface area contributed by atoms with Crippen LogP contribution in [0.2, 0.25) is 0 Å². The van der Waals surface area contributed by atoms with Gasteiger partial charge in [-0.15, -0.1) is 11.3 Å². The quantitative estimate of drug-likeness (QED) is 0.739. The lowest BCUT2D eigenvalue weighted by Gasteiger charge is -2.32. The van der Waals surface area contributed by atoms with Gasteiger partial charge in [-0.2, -0.15) is 0 Å². The van der Waals surface area contributed by atoms with Crippen LogP contribution in [-0.4, -0.2) is 35.9 Å². The van der Waals surface area contributed by atoms with Crippen LogP contribution in [0.15, 0.2) is 54.6 Å². The Balaban J connectivity index is 1.46. The molecule has 1 amide bonds. The largest absolute Gasteiger partial charge is 0.337 e. The number of carbonyl (C=O) groups excluding carboxylic acids is 1. The summed E-state index contributed by atoms with van der Waals surface area (Å²) in [5.41, 5.74) is 2.25. The molecule has 0 bridgehead atoms. The summed E-state index contributed by atoms with van der Waals surface area (Å²) in [6, 6.07) is 18.9. The number of hydrogen-bond acceptors (Lipinski definition) is 3. The Hall–Kier alpha value is -2.24. The average molecular weight is 381 g/mol. The van der Waals surface area contributed by atoms with Gasteiger partial charge in [-0.05, 0) is 30.5 Å². The van der Waals surface area contributed by atoms with E-state index in [0.717, 1.165) is 18.5 Å². The first kappa shape index (κ1) is 18.1. The second-order valence-electron chi connectivity index (χ2n) is 7.39. The zero-order valence-corrected chi connectivity index (χ0v) is 16.5. The molecular formula is C22H26N3OS+. The van der Waals surface area contributed by atoms with E-state index in [9.17, 15) is 4.79 Å². The molecule has 0 aliphatic carbocycles. The van der Waals surface area contributed by atoms with Crippen LogP contribution in [0.5, 0.6) is 0 Å². The van der Waals surface area contributed by atoms with Crippen LogP contribution in [-0.2, 0) is 11.3 Å². The minimum atomic E-state index is 0.210. The first-order chi connectivity index (χ1) is 13.2. The van der Waals surface area contributed by atoms with E-state index in [2.05, 4.69) is 30.3 Å². The Bertz CT molecular complexity index is 875. The van der Waals surface area contributed by atoms with Crippen molar-refractivity contribution in [2.75, 3.05) is 20.1 Å². The number of benzene rings is 2. The number of carbonyl (C=O) groups is 1. The summed E-state index contributed by atoms with van der Waals surface area (Å²) in [5, 5.41) is 1.18. The van der Waals surface area contributed by atoms with E-state index in [4.69, 9.17) is 4.98 Å². The number of hydrogen-bond donors (Lipinski definition) is 1. The van der Waals surface area contributed by atoms with Gasteiger partial charge >= 0.3 is 0 Å². The van der Waals surface area contributed by atoms with Gasteiger partial charge in [0.05, 0.1) is 16.8 Å². The van der Waals surface area contributed by atoms with Gasteiger partial charge in [-0.1, -0.05) is 42.5 Å². The number of thiazole rings is 1. The van der Waals surface area contributed by atoms with Crippen LogP contribution in [0.1, 0.15) is 35.9 Å². The number of para-hydroxylation sites is 1. The fourth-order valence-corrected chi connectivity index (χ4v) is 5.06. The smallest absolute Gasteiger partial charge is 0.277 e. The Labute approximate surface area is 164 Å². The molecule has 2 atom stereocenters. The third kappa shape index (κ3) is 4.20. The maximum absolute atomic E-state index is 12.9. The van der Waals surface area contributed by atoms with Crippen molar-refractivity contribution in [1.82, 2.24) is 9.88 Å². The molecule has 1 saturated heterocycles. The van der Waals surface area contributed by atoms with E-state index >= 15 is 0 Å². The minimum absolute atomic E-state index is 0.210. The molecule has 0 spiro atoms. The van der Waals surface area contributed by atoms with Gasteiger partial charge in [-0.3, -0.25) is 4.79 Å². The third-order valence-corrected chi connectivity index (χ3v) is 6.56. The molecule has 4 rings (SSSR count). The fraction of sp³-hybridized carbons (Fsp3) is 0.364. The number of aromatic nitrogens is 1. The lowest BCUT2D eigenvalue weighted by atomic mass is 10.0. The normalized spacial score (nSPS) is 19.9. The number of amides is 1. The summed E-state index contributed by atoms with van der Waals surface area (Å²) in [7, 11) is 1.91. The number of quaternary nitrogens is 1. The fourth-order valence-electron chi connectivity index (χ4n) is 3.90. The van der Waals surface area contributed by atoms with E-state index in [0.29, 0.717) is 19.1 Å². The molecule has 1 N–H and O–H groups in total. The van der Waals surface area contributed by atoms with Crippen molar-refractivity contribution in [3.8, 4) is 0 Å². The monoisotopic (exact) mass is 380 g/mol. The number of nitrogens with zero attached hydrogens (tertiary/aromatic N) is 2. The second-order valence-corrected chi connectivity index (χ2v) is 8.45. The second kappa shape index (κ2) is 8.19. The number of likely N-dealkylation sites (N-methyl/N-ethyl adjacent to an activating group) is 1. The molecule has 5 heteroatoms. The summed E-state index contributed by atoms with van der Waals surface area (Å²) in [5.74, 6) is 0.210. The Kier molecular flexibility index (Phi) is 5.50. The molecule has 1 unspecified atom stereocenters. The molecule has 0 radical (unpaired) electrons. The number of likely N-dealkylation sites (tertiary alicyclic amines) is 1. The van der Waals surface area contributed by atoms with Crippen LogP contribution < -0.4 is 4.90 Å². The Morgan fingerprint density at radius 3 is 2.74 bits per heavy atom. The Morgan fingerprint density at radius 1 is 1.15 bits per heavy atom. The summed E-state index contributed by atoms with van der Waals surface area (Å²) in [6.45, 7) is 2.26. The topological polar surface area (TPSA) is 37.6 Å². The minimum Gasteiger partial charge on any atom is -0.337 e. The van der Waals surface area contributed by atoms with E-state index in [-0.39, 0.29) is 5.91 Å². The molecule has 140 valence electrons. The van der Waals surface area contributed by atoms with Gasteiger partial charge in [0.15, 0.2) is 11.6 Å². The zero-order valence-electron chi connectivity index (χ0n) is 15.7. The molecule has 1 aromatic heterocycles. The summed E-state index contributed by atoms with van der Waals surface area (Å²) in [6.07, 6.45) is 3.52. The third-order valence-electron chi connectivity index (χ3n) is 5.41. The number of rotatable bonds is 5. The van der Waals surface area contributed by atoms with E-state index in [1.807, 2.05) is 36.2 Å². The first-order valence-electron chi connectivity index (χ1n) is 9.68. The highest BCUT2D eigenvalue weighted by Gasteiger charge is 2.32. The molecule has 3 aromatic rings. The van der Waals surface area contributed by atoms with Gasteiger partial charge in [0.1, 0.15) is 6.04 Å². The van der Waals surface area contributed by atoms with E-state index in [1.54, 1.807) is 11.3 Å². The lowest BCUT2D eigenvalue weighted by Crippen LogP contribution is -3.14. The van der Waals surface area contributed by atoms with Crippen LogP contribution in [0.4, 0.5) is 0 Å². The van der Waals surface area contributed by atoms with Crippen molar-refractivity contribution in [3.63, 3.8) is 0 Å². The van der Waals surface area contributed by atoms with Crippen molar-refractivity contribution in [2.24, 2.45) is 0 Å². The van der Waals surface area contributed by atoms with Gasteiger partial charge in [0.2, 0.25) is 0 Å². The lowest BCUT2D eigenvalue weighted by molar-refractivity contribution is -0.929. The van der Waals surface area contributed by atoms with E-state index in [1.165, 1.54) is 33.0 Å². The Morgan fingerprint density at radius 2 is 1.93 bits per heavy atom.